The predicted molar refractivity (Wildman–Crippen MR) is 188 cm³/mol. The van der Waals surface area contributed by atoms with Crippen LogP contribution in [0.4, 0.5) is 0 Å². The molecule has 0 spiro atoms. The Labute approximate surface area is 255 Å². The van der Waals surface area contributed by atoms with Crippen LogP contribution in [0.15, 0.2) is 164 Å². The van der Waals surface area contributed by atoms with Crippen molar-refractivity contribution in [3.05, 3.63) is 164 Å². The van der Waals surface area contributed by atoms with E-state index in [1.807, 2.05) is 6.20 Å². The first kappa shape index (κ1) is 24.8. The van der Waals surface area contributed by atoms with Gasteiger partial charge in [-0.3, -0.25) is 4.98 Å². The molecule has 0 unspecified atom stereocenters. The number of nitrogens with zero attached hydrogens (tertiary/aromatic N) is 1. The molecule has 0 amide bonds. The Bertz CT molecular complexity index is 2530. The molecule has 0 fully saturated rings. The molecule has 0 aliphatic rings. The first-order valence-electron chi connectivity index (χ1n) is 15.1. The minimum Gasteiger partial charge on any atom is -0.256 e. The van der Waals surface area contributed by atoms with Crippen molar-refractivity contribution in [2.24, 2.45) is 0 Å². The largest absolute Gasteiger partial charge is 0.256 e. The Hall–Kier alpha value is -5.79. The highest BCUT2D eigenvalue weighted by Crippen LogP contribution is 2.45. The van der Waals surface area contributed by atoms with E-state index in [-0.39, 0.29) is 0 Å². The summed E-state index contributed by atoms with van der Waals surface area (Å²) in [5.74, 6) is 0. The third kappa shape index (κ3) is 3.76. The number of benzene rings is 8. The molecular formula is C43H27N. The second-order valence-electron chi connectivity index (χ2n) is 11.5. The summed E-state index contributed by atoms with van der Waals surface area (Å²) < 4.78 is 0. The number of hydrogen-bond acceptors (Lipinski definition) is 1. The van der Waals surface area contributed by atoms with Crippen molar-refractivity contribution in [2.75, 3.05) is 0 Å². The molecule has 0 atom stereocenters. The van der Waals surface area contributed by atoms with Crippen LogP contribution in [0.2, 0.25) is 0 Å². The van der Waals surface area contributed by atoms with Crippen LogP contribution < -0.4 is 0 Å². The van der Waals surface area contributed by atoms with Gasteiger partial charge in [0.1, 0.15) is 0 Å². The zero-order valence-corrected chi connectivity index (χ0v) is 24.0. The molecule has 0 saturated heterocycles. The molecule has 9 aromatic rings. The quantitative estimate of drug-likeness (QED) is 0.155. The number of aromatic nitrogens is 1. The maximum atomic E-state index is 5.00. The van der Waals surface area contributed by atoms with Crippen LogP contribution in [-0.2, 0) is 0 Å². The summed E-state index contributed by atoms with van der Waals surface area (Å²) in [6.07, 6.45) is 1.96. The molecule has 0 radical (unpaired) electrons. The number of pyridine rings is 1. The summed E-state index contributed by atoms with van der Waals surface area (Å²) in [7, 11) is 0. The minimum atomic E-state index is 1.01. The van der Waals surface area contributed by atoms with Gasteiger partial charge in [-0.2, -0.15) is 0 Å². The smallest absolute Gasteiger partial charge is 0.0780 e. The van der Waals surface area contributed by atoms with E-state index in [0.717, 1.165) is 11.3 Å². The lowest BCUT2D eigenvalue weighted by atomic mass is 9.85. The van der Waals surface area contributed by atoms with Crippen LogP contribution in [0, 0.1) is 0 Å². The van der Waals surface area contributed by atoms with Gasteiger partial charge in [-0.1, -0.05) is 146 Å². The van der Waals surface area contributed by atoms with Gasteiger partial charge in [-0.15, -0.1) is 0 Å². The Morgan fingerprint density at radius 2 is 0.795 bits per heavy atom. The summed E-state index contributed by atoms with van der Waals surface area (Å²) in [4.78, 5) is 5.00. The standard InChI is InChI=1S/C43H27N/c1-3-12-29(13-4-1)41-36-17-9-10-18-37(36)42(30-14-5-2-6-15-30)40-27-31(20-22-38(40)41)43-39-24-23-33-32-16-8-7-11-28(32)19-21-34(33)35(39)25-26-44-43/h1-27H. The molecule has 1 nitrogen and oxygen atoms in total. The summed E-state index contributed by atoms with van der Waals surface area (Å²) in [5, 5.41) is 12.5. The van der Waals surface area contributed by atoms with Crippen LogP contribution in [-0.4, -0.2) is 4.98 Å². The van der Waals surface area contributed by atoms with Crippen molar-refractivity contribution < 1.29 is 0 Å². The van der Waals surface area contributed by atoms with E-state index in [0.29, 0.717) is 0 Å². The summed E-state index contributed by atoms with van der Waals surface area (Å²) in [6, 6.07) is 57.1. The third-order valence-corrected chi connectivity index (χ3v) is 9.09. The lowest BCUT2D eigenvalue weighted by Crippen LogP contribution is -1.93. The highest BCUT2D eigenvalue weighted by atomic mass is 14.7. The van der Waals surface area contributed by atoms with E-state index in [1.54, 1.807) is 0 Å². The van der Waals surface area contributed by atoms with E-state index < -0.39 is 0 Å². The molecule has 0 aliphatic heterocycles. The molecular weight excluding hydrogens is 530 g/mol. The molecule has 1 heterocycles. The van der Waals surface area contributed by atoms with Gasteiger partial charge >= 0.3 is 0 Å². The first-order valence-corrected chi connectivity index (χ1v) is 15.1. The van der Waals surface area contributed by atoms with Crippen molar-refractivity contribution >= 4 is 53.9 Å². The number of rotatable bonds is 3. The van der Waals surface area contributed by atoms with Crippen molar-refractivity contribution in [2.45, 2.75) is 0 Å². The van der Waals surface area contributed by atoms with Gasteiger partial charge in [-0.25, -0.2) is 0 Å². The van der Waals surface area contributed by atoms with Crippen LogP contribution in [0.3, 0.4) is 0 Å². The Morgan fingerprint density at radius 1 is 0.295 bits per heavy atom. The van der Waals surface area contributed by atoms with Gasteiger partial charge in [0.2, 0.25) is 0 Å². The van der Waals surface area contributed by atoms with Gasteiger partial charge in [-0.05, 0) is 82.9 Å². The van der Waals surface area contributed by atoms with Gasteiger partial charge < -0.3 is 0 Å². The van der Waals surface area contributed by atoms with Crippen molar-refractivity contribution in [3.63, 3.8) is 0 Å². The van der Waals surface area contributed by atoms with Gasteiger partial charge in [0.15, 0.2) is 0 Å². The van der Waals surface area contributed by atoms with Crippen LogP contribution in [0.25, 0.3) is 87.4 Å². The molecule has 1 aromatic heterocycles. The second kappa shape index (κ2) is 9.90. The molecule has 44 heavy (non-hydrogen) atoms. The highest BCUT2D eigenvalue weighted by Gasteiger charge is 2.18. The topological polar surface area (TPSA) is 12.9 Å². The second-order valence-corrected chi connectivity index (χ2v) is 11.5. The zero-order chi connectivity index (χ0) is 29.0. The molecule has 9 rings (SSSR count). The maximum Gasteiger partial charge on any atom is 0.0780 e. The van der Waals surface area contributed by atoms with E-state index in [4.69, 9.17) is 4.98 Å². The van der Waals surface area contributed by atoms with E-state index in [2.05, 4.69) is 158 Å². The maximum absolute atomic E-state index is 5.00. The van der Waals surface area contributed by atoms with Crippen LogP contribution in [0.1, 0.15) is 0 Å². The lowest BCUT2D eigenvalue weighted by Gasteiger charge is -2.19. The molecule has 0 N–H and O–H groups in total. The zero-order valence-electron chi connectivity index (χ0n) is 24.0. The fourth-order valence-corrected chi connectivity index (χ4v) is 7.14. The monoisotopic (exact) mass is 557 g/mol. The van der Waals surface area contributed by atoms with Gasteiger partial charge in [0.25, 0.3) is 0 Å². The van der Waals surface area contributed by atoms with Crippen LogP contribution in [0.5, 0.6) is 0 Å². The third-order valence-electron chi connectivity index (χ3n) is 9.09. The molecule has 0 aliphatic carbocycles. The number of fused-ring (bicyclic) bond motifs is 7. The van der Waals surface area contributed by atoms with E-state index >= 15 is 0 Å². The SMILES string of the molecule is c1ccc(-c2c3ccccc3c(-c3ccccc3)c3cc(-c4nccc5c4ccc4c6ccccc6ccc54)ccc23)cc1. The van der Waals surface area contributed by atoms with Crippen LogP contribution >= 0.6 is 0 Å². The summed E-state index contributed by atoms with van der Waals surface area (Å²) in [6.45, 7) is 0. The molecule has 0 saturated carbocycles. The van der Waals surface area contributed by atoms with Gasteiger partial charge in [0, 0.05) is 17.1 Å². The minimum absolute atomic E-state index is 1.01. The predicted octanol–water partition coefficient (Wildman–Crippen LogP) is 11.8. The number of hydrogen-bond donors (Lipinski definition) is 0. The lowest BCUT2D eigenvalue weighted by molar-refractivity contribution is 1.36. The van der Waals surface area contributed by atoms with E-state index in [9.17, 15) is 0 Å². The first-order chi connectivity index (χ1) is 21.8. The molecule has 204 valence electrons. The normalized spacial score (nSPS) is 11.6. The van der Waals surface area contributed by atoms with Gasteiger partial charge in [0.05, 0.1) is 5.69 Å². The van der Waals surface area contributed by atoms with Crippen molar-refractivity contribution in [1.82, 2.24) is 4.98 Å². The highest BCUT2D eigenvalue weighted by molar-refractivity contribution is 6.23. The fraction of sp³-hybridized carbons (Fsp3) is 0. The molecule has 8 aromatic carbocycles. The molecule has 0 bridgehead atoms. The Morgan fingerprint density at radius 3 is 1.52 bits per heavy atom. The Kier molecular flexibility index (Phi) is 5.57. The fourth-order valence-electron chi connectivity index (χ4n) is 7.14. The van der Waals surface area contributed by atoms with Crippen molar-refractivity contribution in [1.29, 1.82) is 0 Å². The average molecular weight is 558 g/mol. The van der Waals surface area contributed by atoms with Crippen molar-refractivity contribution in [3.8, 4) is 33.5 Å². The summed E-state index contributed by atoms with van der Waals surface area (Å²) in [5.41, 5.74) is 7.10. The van der Waals surface area contributed by atoms with E-state index in [1.165, 1.54) is 76.1 Å². The Balaban J connectivity index is 1.37. The molecule has 1 heteroatoms. The average Bonchev–Trinajstić information content (AvgIpc) is 3.10. The summed E-state index contributed by atoms with van der Waals surface area (Å²) >= 11 is 0.